The average Bonchev–Trinajstić information content (AvgIpc) is 3.17. The molecule has 0 saturated carbocycles. The van der Waals surface area contributed by atoms with E-state index in [1.54, 1.807) is 6.92 Å². The highest BCUT2D eigenvalue weighted by Gasteiger charge is 2.33. The second-order valence-corrected chi connectivity index (χ2v) is 17.0. The maximum Gasteiger partial charge on any atom is 0.224 e. The largest absolute Gasteiger partial charge is 0.378 e. The molecule has 2 unspecified atom stereocenters. The van der Waals surface area contributed by atoms with E-state index in [1.165, 1.54) is 0 Å². The van der Waals surface area contributed by atoms with Crippen LogP contribution in [0.4, 0.5) is 11.4 Å². The van der Waals surface area contributed by atoms with Crippen LogP contribution in [-0.4, -0.2) is 36.2 Å². The van der Waals surface area contributed by atoms with Crippen molar-refractivity contribution in [3.05, 3.63) is 65.1 Å². The zero-order valence-corrected chi connectivity index (χ0v) is 23.9. The molecule has 8 heteroatoms. The Morgan fingerprint density at radius 3 is 2.58 bits per heavy atom. The van der Waals surface area contributed by atoms with E-state index in [4.69, 9.17) is 16.3 Å². The predicted octanol–water partition coefficient (Wildman–Crippen LogP) is 7.12. The topological polar surface area (TPSA) is 59.4 Å². The number of carbonyl (C=O) groups is 1. The summed E-state index contributed by atoms with van der Waals surface area (Å²) in [4.78, 5) is 19.1. The Kier molecular flexibility index (Phi) is 7.92. The van der Waals surface area contributed by atoms with Gasteiger partial charge in [-0.3, -0.25) is 4.79 Å². The minimum Gasteiger partial charge on any atom is -0.378 e. The molecule has 0 bridgehead atoms. The second kappa shape index (κ2) is 10.8. The number of carbonyl (C=O) groups excluding carboxylic acids is 1. The molecule has 0 radical (unpaired) electrons. The van der Waals surface area contributed by atoms with Crippen LogP contribution >= 0.6 is 11.6 Å². The van der Waals surface area contributed by atoms with E-state index in [0.29, 0.717) is 11.8 Å². The van der Waals surface area contributed by atoms with Gasteiger partial charge in [-0.1, -0.05) is 37.3 Å². The number of rotatable bonds is 8. The fourth-order valence-electron chi connectivity index (χ4n) is 4.78. The van der Waals surface area contributed by atoms with E-state index in [-0.39, 0.29) is 18.0 Å². The molecule has 2 atom stereocenters. The molecule has 1 aromatic heterocycles. The first-order valence-electron chi connectivity index (χ1n) is 12.6. The van der Waals surface area contributed by atoms with Crippen molar-refractivity contribution in [1.29, 1.82) is 0 Å². The van der Waals surface area contributed by atoms with Crippen molar-refractivity contribution >= 4 is 37.0 Å². The third-order valence-corrected chi connectivity index (χ3v) is 8.73. The lowest BCUT2D eigenvalue weighted by Crippen LogP contribution is -2.43. The van der Waals surface area contributed by atoms with E-state index in [9.17, 15) is 4.79 Å². The standard InChI is InChI=1S/C28H37ClN4O2Si/c1-19-15-26(31-24-10-8-23(29)9-11-24)25-16-22(7-12-27(25)33(19)21(3)34)28-17-30-20(2)32(28)18-35-13-14-36(4,5)6/h7-12,16-17,19,26,31H,13-15,18H2,1-6H3. The van der Waals surface area contributed by atoms with Gasteiger partial charge in [0.2, 0.25) is 5.91 Å². The van der Waals surface area contributed by atoms with Gasteiger partial charge in [-0.25, -0.2) is 4.98 Å². The number of ether oxygens (including phenoxy) is 1. The Bertz CT molecular complexity index is 1220. The monoisotopic (exact) mass is 524 g/mol. The molecule has 1 aliphatic heterocycles. The summed E-state index contributed by atoms with van der Waals surface area (Å²) < 4.78 is 8.19. The Labute approximate surface area is 220 Å². The quantitative estimate of drug-likeness (QED) is 0.251. The molecule has 3 aromatic rings. The molecule has 0 aliphatic carbocycles. The zero-order valence-electron chi connectivity index (χ0n) is 22.1. The number of aryl methyl sites for hydroxylation is 1. The van der Waals surface area contributed by atoms with Gasteiger partial charge in [0.05, 0.1) is 17.9 Å². The van der Waals surface area contributed by atoms with Crippen molar-refractivity contribution in [2.75, 3.05) is 16.8 Å². The fourth-order valence-corrected chi connectivity index (χ4v) is 5.67. The number of amides is 1. The first kappa shape index (κ1) is 26.4. The van der Waals surface area contributed by atoms with E-state index in [0.717, 1.165) is 53.1 Å². The zero-order chi connectivity index (χ0) is 26.0. The molecular formula is C28H37ClN4O2Si. The summed E-state index contributed by atoms with van der Waals surface area (Å²) in [6.07, 6.45) is 2.71. The molecule has 2 heterocycles. The summed E-state index contributed by atoms with van der Waals surface area (Å²) in [5.74, 6) is 0.976. The maximum absolute atomic E-state index is 12.6. The minimum atomic E-state index is -1.15. The van der Waals surface area contributed by atoms with Crippen LogP contribution in [0.15, 0.2) is 48.7 Å². The van der Waals surface area contributed by atoms with Crippen LogP contribution in [0.5, 0.6) is 0 Å². The first-order chi connectivity index (χ1) is 17.0. The summed E-state index contributed by atoms with van der Waals surface area (Å²) in [5, 5.41) is 4.38. The van der Waals surface area contributed by atoms with Crippen molar-refractivity contribution < 1.29 is 9.53 Å². The number of hydrogen-bond acceptors (Lipinski definition) is 4. The number of aromatic nitrogens is 2. The lowest BCUT2D eigenvalue weighted by Gasteiger charge is -2.39. The van der Waals surface area contributed by atoms with E-state index < -0.39 is 8.07 Å². The van der Waals surface area contributed by atoms with Crippen molar-refractivity contribution in [2.45, 2.75) is 71.7 Å². The minimum absolute atomic E-state index is 0.0530. The fraction of sp³-hybridized carbons (Fsp3) is 0.429. The maximum atomic E-state index is 12.6. The highest BCUT2D eigenvalue weighted by Crippen LogP contribution is 2.41. The number of anilines is 2. The number of benzene rings is 2. The van der Waals surface area contributed by atoms with Crippen molar-refractivity contribution in [1.82, 2.24) is 9.55 Å². The summed E-state index contributed by atoms with van der Waals surface area (Å²) in [6, 6.07) is 15.4. The number of nitrogens with one attached hydrogen (secondary N) is 1. The Morgan fingerprint density at radius 1 is 1.19 bits per heavy atom. The molecule has 0 fully saturated rings. The average molecular weight is 525 g/mol. The predicted molar refractivity (Wildman–Crippen MR) is 152 cm³/mol. The van der Waals surface area contributed by atoms with Crippen LogP contribution in [0.25, 0.3) is 11.3 Å². The lowest BCUT2D eigenvalue weighted by atomic mass is 9.89. The molecule has 1 N–H and O–H groups in total. The van der Waals surface area contributed by atoms with Gasteiger partial charge < -0.3 is 19.5 Å². The highest BCUT2D eigenvalue weighted by molar-refractivity contribution is 6.76. The van der Waals surface area contributed by atoms with Crippen LogP contribution in [0.1, 0.15) is 37.7 Å². The summed E-state index contributed by atoms with van der Waals surface area (Å²) in [7, 11) is -1.15. The molecule has 6 nitrogen and oxygen atoms in total. The number of hydrogen-bond donors (Lipinski definition) is 1. The van der Waals surface area contributed by atoms with Gasteiger partial charge in [0, 0.05) is 49.6 Å². The van der Waals surface area contributed by atoms with Gasteiger partial charge in [0.15, 0.2) is 0 Å². The Morgan fingerprint density at radius 2 is 1.92 bits per heavy atom. The van der Waals surface area contributed by atoms with Crippen LogP contribution < -0.4 is 10.2 Å². The molecule has 2 aromatic carbocycles. The molecule has 4 rings (SSSR count). The lowest BCUT2D eigenvalue weighted by molar-refractivity contribution is -0.117. The summed E-state index contributed by atoms with van der Waals surface area (Å²) in [6.45, 7) is 14.1. The normalized spacial score (nSPS) is 17.7. The van der Waals surface area contributed by atoms with Gasteiger partial charge in [0.25, 0.3) is 0 Å². The SMILES string of the molecule is CC(=O)N1c2ccc(-c3cnc(C)n3COCC[Si](C)(C)C)cc2C(Nc2ccc(Cl)cc2)CC1C. The van der Waals surface area contributed by atoms with Gasteiger partial charge in [-0.05, 0) is 68.3 Å². The number of imidazole rings is 1. The Balaban J connectivity index is 1.66. The smallest absolute Gasteiger partial charge is 0.224 e. The van der Waals surface area contributed by atoms with Crippen LogP contribution in [-0.2, 0) is 16.3 Å². The van der Waals surface area contributed by atoms with Crippen molar-refractivity contribution in [2.24, 2.45) is 0 Å². The summed E-state index contributed by atoms with van der Waals surface area (Å²) >= 11 is 6.10. The van der Waals surface area contributed by atoms with E-state index in [1.807, 2.05) is 42.3 Å². The van der Waals surface area contributed by atoms with Crippen LogP contribution in [0.3, 0.4) is 0 Å². The Hall–Kier alpha value is -2.61. The number of halogens is 1. The van der Waals surface area contributed by atoms with Crippen LogP contribution in [0, 0.1) is 6.92 Å². The van der Waals surface area contributed by atoms with Crippen LogP contribution in [0.2, 0.25) is 30.7 Å². The highest BCUT2D eigenvalue weighted by atomic mass is 35.5. The molecule has 1 aliphatic rings. The van der Waals surface area contributed by atoms with E-state index in [2.05, 4.69) is 59.6 Å². The third kappa shape index (κ3) is 6.02. The molecule has 0 saturated heterocycles. The van der Waals surface area contributed by atoms with Crippen molar-refractivity contribution in [3.8, 4) is 11.3 Å². The first-order valence-corrected chi connectivity index (χ1v) is 16.7. The van der Waals surface area contributed by atoms with Gasteiger partial charge in [-0.2, -0.15) is 0 Å². The molecule has 0 spiro atoms. The summed E-state index contributed by atoms with van der Waals surface area (Å²) in [5.41, 5.74) is 5.12. The van der Waals surface area contributed by atoms with E-state index >= 15 is 0 Å². The molecule has 192 valence electrons. The van der Waals surface area contributed by atoms with Gasteiger partial charge >= 0.3 is 0 Å². The third-order valence-electron chi connectivity index (χ3n) is 6.77. The van der Waals surface area contributed by atoms with Crippen molar-refractivity contribution in [3.63, 3.8) is 0 Å². The second-order valence-electron chi connectivity index (χ2n) is 10.9. The molecule has 36 heavy (non-hydrogen) atoms. The number of nitrogens with zero attached hydrogens (tertiary/aromatic N) is 3. The molecule has 1 amide bonds. The molecular weight excluding hydrogens is 488 g/mol. The van der Waals surface area contributed by atoms with Gasteiger partial charge in [0.1, 0.15) is 12.6 Å². The number of fused-ring (bicyclic) bond motifs is 1. The van der Waals surface area contributed by atoms with Gasteiger partial charge in [-0.15, -0.1) is 0 Å².